The van der Waals surface area contributed by atoms with Crippen molar-refractivity contribution >= 4 is 16.6 Å². The summed E-state index contributed by atoms with van der Waals surface area (Å²) in [7, 11) is -4.00. The van der Waals surface area contributed by atoms with E-state index in [1.54, 1.807) is 6.26 Å². The average Bonchev–Trinajstić information content (AvgIpc) is 3.19. The van der Waals surface area contributed by atoms with Gasteiger partial charge in [-0.05, 0) is 57.0 Å². The number of rotatable bonds is 8. The lowest BCUT2D eigenvalue weighted by Crippen LogP contribution is -2.48. The minimum absolute atomic E-state index is 0.0828. The standard InChI is InChI=1S/C24H47NO5Si2/c1-17(29-31(10,11)22(2,3)4)21-20(27-24(8,9)28-21)14-19(18-15-26-16-25-18)30-32(12,13)23(5,6)7/h15-17,19-21H,14H2,1-13H3/t17-,19+,20-,21+/m1/s1. The van der Waals surface area contributed by atoms with E-state index in [4.69, 9.17) is 22.7 Å². The van der Waals surface area contributed by atoms with E-state index in [1.807, 2.05) is 13.8 Å². The van der Waals surface area contributed by atoms with Crippen LogP contribution in [-0.4, -0.2) is 45.7 Å². The molecule has 186 valence electrons. The van der Waals surface area contributed by atoms with Gasteiger partial charge in [-0.3, -0.25) is 0 Å². The van der Waals surface area contributed by atoms with Crippen LogP contribution < -0.4 is 0 Å². The van der Waals surface area contributed by atoms with Crippen LogP contribution in [0, 0.1) is 0 Å². The molecule has 1 saturated heterocycles. The van der Waals surface area contributed by atoms with Crippen LogP contribution in [0.15, 0.2) is 17.1 Å². The Balaban J connectivity index is 2.28. The van der Waals surface area contributed by atoms with Crippen molar-refractivity contribution in [2.75, 3.05) is 0 Å². The van der Waals surface area contributed by atoms with Crippen LogP contribution in [-0.2, 0) is 18.3 Å². The van der Waals surface area contributed by atoms with Gasteiger partial charge < -0.3 is 22.7 Å². The summed E-state index contributed by atoms with van der Waals surface area (Å²) in [5.41, 5.74) is 0.805. The van der Waals surface area contributed by atoms with Gasteiger partial charge in [0.05, 0.1) is 18.3 Å². The summed E-state index contributed by atoms with van der Waals surface area (Å²) >= 11 is 0. The molecular weight excluding hydrogens is 438 g/mol. The van der Waals surface area contributed by atoms with Crippen molar-refractivity contribution < 1.29 is 22.7 Å². The molecule has 32 heavy (non-hydrogen) atoms. The molecule has 8 heteroatoms. The normalized spacial score (nSPS) is 24.5. The molecule has 0 radical (unpaired) electrons. The molecule has 1 aromatic rings. The summed E-state index contributed by atoms with van der Waals surface area (Å²) in [6.45, 7) is 28.6. The molecule has 0 spiro atoms. The van der Waals surface area contributed by atoms with Gasteiger partial charge in [-0.2, -0.15) is 0 Å². The first-order valence-corrected chi connectivity index (χ1v) is 17.7. The Morgan fingerprint density at radius 1 is 0.969 bits per heavy atom. The van der Waals surface area contributed by atoms with Crippen LogP contribution >= 0.6 is 0 Å². The second-order valence-electron chi connectivity index (χ2n) is 12.7. The highest BCUT2D eigenvalue weighted by molar-refractivity contribution is 6.74. The molecular formula is C24H47NO5Si2. The van der Waals surface area contributed by atoms with Gasteiger partial charge in [0.2, 0.25) is 0 Å². The van der Waals surface area contributed by atoms with E-state index >= 15 is 0 Å². The van der Waals surface area contributed by atoms with E-state index in [9.17, 15) is 0 Å². The zero-order valence-corrected chi connectivity index (χ0v) is 24.7. The van der Waals surface area contributed by atoms with Gasteiger partial charge in [-0.25, -0.2) is 4.98 Å². The highest BCUT2D eigenvalue weighted by atomic mass is 28.4. The first-order chi connectivity index (χ1) is 14.3. The zero-order valence-electron chi connectivity index (χ0n) is 22.7. The summed E-state index contributed by atoms with van der Waals surface area (Å²) in [4.78, 5) is 4.43. The first-order valence-electron chi connectivity index (χ1n) is 11.9. The Morgan fingerprint density at radius 2 is 1.50 bits per heavy atom. The predicted octanol–water partition coefficient (Wildman–Crippen LogP) is 7.06. The molecule has 0 bridgehead atoms. The molecule has 2 rings (SSSR count). The Kier molecular flexibility index (Phi) is 8.03. The third kappa shape index (κ3) is 6.54. The number of aromatic nitrogens is 1. The lowest BCUT2D eigenvalue weighted by Gasteiger charge is -2.41. The van der Waals surface area contributed by atoms with E-state index in [1.165, 1.54) is 6.39 Å². The SMILES string of the molecule is C[C@@H](O[Si](C)(C)C(C)(C)C)[C@@H]1OC(C)(C)O[C@@H]1C[C@H](O[Si](C)(C)C(C)(C)C)c1cocn1. The minimum atomic E-state index is -2.05. The Labute approximate surface area is 198 Å². The van der Waals surface area contributed by atoms with Crippen LogP contribution in [0.2, 0.25) is 36.3 Å². The van der Waals surface area contributed by atoms with E-state index in [0.717, 1.165) is 5.69 Å². The second-order valence-corrected chi connectivity index (χ2v) is 22.3. The largest absolute Gasteiger partial charge is 0.451 e. The molecule has 1 fully saturated rings. The third-order valence-corrected chi connectivity index (χ3v) is 16.5. The van der Waals surface area contributed by atoms with Gasteiger partial charge in [0.15, 0.2) is 28.8 Å². The number of nitrogens with zero attached hydrogens (tertiary/aromatic N) is 1. The molecule has 0 amide bonds. The van der Waals surface area contributed by atoms with E-state index in [-0.39, 0.29) is 34.5 Å². The molecule has 1 aliphatic heterocycles. The van der Waals surface area contributed by atoms with Crippen molar-refractivity contribution in [3.05, 3.63) is 18.4 Å². The van der Waals surface area contributed by atoms with Crippen LogP contribution in [0.25, 0.3) is 0 Å². The Morgan fingerprint density at radius 3 is 1.97 bits per heavy atom. The smallest absolute Gasteiger partial charge is 0.192 e. The fourth-order valence-corrected chi connectivity index (χ4v) is 6.20. The molecule has 0 unspecified atom stereocenters. The second kappa shape index (κ2) is 9.26. The summed E-state index contributed by atoms with van der Waals surface area (Å²) in [6.07, 6.45) is 3.12. The number of hydrogen-bond acceptors (Lipinski definition) is 6. The van der Waals surface area contributed by atoms with Crippen molar-refractivity contribution in [2.45, 2.75) is 135 Å². The molecule has 0 N–H and O–H groups in total. The van der Waals surface area contributed by atoms with E-state index in [0.29, 0.717) is 6.42 Å². The fraction of sp³-hybridized carbons (Fsp3) is 0.875. The van der Waals surface area contributed by atoms with Crippen LogP contribution in [0.1, 0.15) is 80.5 Å². The van der Waals surface area contributed by atoms with Crippen LogP contribution in [0.5, 0.6) is 0 Å². The molecule has 0 aliphatic carbocycles. The van der Waals surface area contributed by atoms with Gasteiger partial charge in [0, 0.05) is 6.42 Å². The fourth-order valence-electron chi connectivity index (χ4n) is 3.51. The van der Waals surface area contributed by atoms with Gasteiger partial charge in [-0.1, -0.05) is 41.5 Å². The molecule has 0 aromatic carbocycles. The quantitative estimate of drug-likeness (QED) is 0.367. The topological polar surface area (TPSA) is 63.0 Å². The maximum absolute atomic E-state index is 6.81. The van der Waals surface area contributed by atoms with Crippen molar-refractivity contribution in [1.29, 1.82) is 0 Å². The molecule has 2 heterocycles. The molecule has 1 aromatic heterocycles. The maximum atomic E-state index is 6.81. The number of ether oxygens (including phenoxy) is 2. The Bertz CT molecular complexity index is 735. The van der Waals surface area contributed by atoms with Crippen molar-refractivity contribution in [2.24, 2.45) is 0 Å². The lowest BCUT2D eigenvalue weighted by atomic mass is 10.0. The van der Waals surface area contributed by atoms with Gasteiger partial charge >= 0.3 is 0 Å². The predicted molar refractivity (Wildman–Crippen MR) is 134 cm³/mol. The maximum Gasteiger partial charge on any atom is 0.192 e. The highest BCUT2D eigenvalue weighted by Gasteiger charge is 2.49. The van der Waals surface area contributed by atoms with E-state index in [2.05, 4.69) is 79.6 Å². The van der Waals surface area contributed by atoms with Crippen LogP contribution in [0.4, 0.5) is 0 Å². The number of hydrogen-bond donors (Lipinski definition) is 0. The van der Waals surface area contributed by atoms with Crippen molar-refractivity contribution in [3.63, 3.8) is 0 Å². The minimum Gasteiger partial charge on any atom is -0.451 e. The molecule has 6 nitrogen and oxygen atoms in total. The van der Waals surface area contributed by atoms with Gasteiger partial charge in [0.25, 0.3) is 0 Å². The summed E-state index contributed by atoms with van der Waals surface area (Å²) in [5, 5.41) is 0.208. The number of oxazole rings is 1. The van der Waals surface area contributed by atoms with Gasteiger partial charge in [-0.15, -0.1) is 0 Å². The van der Waals surface area contributed by atoms with Crippen molar-refractivity contribution in [1.82, 2.24) is 4.98 Å². The first kappa shape index (κ1) is 27.7. The van der Waals surface area contributed by atoms with Crippen LogP contribution in [0.3, 0.4) is 0 Å². The highest BCUT2D eigenvalue weighted by Crippen LogP contribution is 2.44. The zero-order chi connectivity index (χ0) is 24.8. The third-order valence-electron chi connectivity index (χ3n) is 7.44. The summed E-state index contributed by atoms with van der Waals surface area (Å²) in [5.74, 6) is -0.675. The summed E-state index contributed by atoms with van der Waals surface area (Å²) in [6, 6.07) is 0. The Hall–Kier alpha value is -0.516. The van der Waals surface area contributed by atoms with E-state index < -0.39 is 22.4 Å². The monoisotopic (exact) mass is 485 g/mol. The molecule has 4 atom stereocenters. The summed E-state index contributed by atoms with van der Waals surface area (Å²) < 4.78 is 31.6. The molecule has 1 aliphatic rings. The molecule has 0 saturated carbocycles. The van der Waals surface area contributed by atoms with Gasteiger partial charge in [0.1, 0.15) is 18.1 Å². The average molecular weight is 486 g/mol. The van der Waals surface area contributed by atoms with Crippen molar-refractivity contribution in [3.8, 4) is 0 Å². The lowest BCUT2D eigenvalue weighted by molar-refractivity contribution is -0.154.